The van der Waals surface area contributed by atoms with E-state index in [1.807, 2.05) is 0 Å². The number of carbonyl (C=O) groups is 1. The molecular weight excluding hydrogens is 246 g/mol. The largest absolute Gasteiger partial charge is 0.315 e. The highest BCUT2D eigenvalue weighted by Gasteiger charge is 2.22. The van der Waals surface area contributed by atoms with Crippen molar-refractivity contribution in [2.75, 3.05) is 18.4 Å². The summed E-state index contributed by atoms with van der Waals surface area (Å²) in [5, 5.41) is 15.8. The predicted octanol–water partition coefficient (Wildman–Crippen LogP) is 2.05. The number of carbonyl (C=O) groups excluding carboxylic acids is 1. The third-order valence-corrected chi connectivity index (χ3v) is 4.21. The fraction of sp³-hybridized carbons (Fsp3) is 0.538. The Morgan fingerprint density at radius 1 is 1.50 bits per heavy atom. The molecule has 0 aliphatic heterocycles. The van der Waals surface area contributed by atoms with Crippen LogP contribution in [0.4, 0.5) is 5.00 Å². The first-order chi connectivity index (χ1) is 8.76. The molecule has 4 nitrogen and oxygen atoms in total. The van der Waals surface area contributed by atoms with Gasteiger partial charge in [0.1, 0.15) is 11.1 Å². The number of nitriles is 1. The van der Waals surface area contributed by atoms with E-state index in [2.05, 4.69) is 23.6 Å². The Hall–Kier alpha value is -1.38. The predicted molar refractivity (Wildman–Crippen MR) is 72.8 cm³/mol. The van der Waals surface area contributed by atoms with Gasteiger partial charge in [-0.05, 0) is 37.8 Å². The van der Waals surface area contributed by atoms with Crippen molar-refractivity contribution >= 4 is 22.2 Å². The zero-order valence-electron chi connectivity index (χ0n) is 10.5. The van der Waals surface area contributed by atoms with Gasteiger partial charge < -0.3 is 10.6 Å². The first-order valence-electron chi connectivity index (χ1n) is 6.31. The summed E-state index contributed by atoms with van der Waals surface area (Å²) in [6.07, 6.45) is 4.14. The van der Waals surface area contributed by atoms with Gasteiger partial charge in [-0.15, -0.1) is 11.3 Å². The molecular formula is C13H17N3OS. The van der Waals surface area contributed by atoms with Crippen LogP contribution in [0.3, 0.4) is 0 Å². The van der Waals surface area contributed by atoms with E-state index in [-0.39, 0.29) is 5.91 Å². The maximum absolute atomic E-state index is 11.7. The van der Waals surface area contributed by atoms with E-state index in [0.29, 0.717) is 12.1 Å². The van der Waals surface area contributed by atoms with Crippen molar-refractivity contribution in [1.82, 2.24) is 5.32 Å². The van der Waals surface area contributed by atoms with E-state index in [9.17, 15) is 10.1 Å². The Kier molecular flexibility index (Phi) is 4.34. The smallest absolute Gasteiger partial charge is 0.238 e. The summed E-state index contributed by atoms with van der Waals surface area (Å²) in [5.74, 6) is -0.0696. The third kappa shape index (κ3) is 2.71. The topological polar surface area (TPSA) is 64.9 Å². The molecule has 0 radical (unpaired) electrons. The molecule has 0 fully saturated rings. The SMILES string of the molecule is CCCNCC(=O)Nc1sc2c(c1C#N)CCC2. The fourth-order valence-electron chi connectivity index (χ4n) is 2.16. The lowest BCUT2D eigenvalue weighted by atomic mass is 10.1. The molecule has 0 unspecified atom stereocenters. The highest BCUT2D eigenvalue weighted by molar-refractivity contribution is 7.16. The second kappa shape index (κ2) is 5.98. The Bertz CT molecular complexity index is 487. The second-order valence-corrected chi connectivity index (χ2v) is 5.50. The number of hydrogen-bond donors (Lipinski definition) is 2. The van der Waals surface area contributed by atoms with Gasteiger partial charge in [-0.1, -0.05) is 6.92 Å². The molecule has 1 aliphatic rings. The molecule has 1 aliphatic carbocycles. The van der Waals surface area contributed by atoms with Crippen LogP contribution in [0.2, 0.25) is 0 Å². The number of rotatable bonds is 5. The van der Waals surface area contributed by atoms with Gasteiger partial charge in [-0.3, -0.25) is 4.79 Å². The molecule has 0 saturated carbocycles. The van der Waals surface area contributed by atoms with Gasteiger partial charge in [-0.25, -0.2) is 0 Å². The van der Waals surface area contributed by atoms with Crippen molar-refractivity contribution in [1.29, 1.82) is 5.26 Å². The molecule has 1 heterocycles. The molecule has 0 aromatic carbocycles. The molecule has 0 saturated heterocycles. The van der Waals surface area contributed by atoms with Crippen LogP contribution >= 0.6 is 11.3 Å². The van der Waals surface area contributed by atoms with Crippen LogP contribution in [0.25, 0.3) is 0 Å². The van der Waals surface area contributed by atoms with Gasteiger partial charge in [0.15, 0.2) is 0 Å². The molecule has 2 rings (SSSR count). The lowest BCUT2D eigenvalue weighted by Gasteiger charge is -2.04. The van der Waals surface area contributed by atoms with E-state index < -0.39 is 0 Å². The maximum atomic E-state index is 11.7. The van der Waals surface area contributed by atoms with E-state index in [0.717, 1.165) is 42.8 Å². The molecule has 96 valence electrons. The number of fused-ring (bicyclic) bond motifs is 1. The van der Waals surface area contributed by atoms with Crippen molar-refractivity contribution in [3.05, 3.63) is 16.0 Å². The summed E-state index contributed by atoms with van der Waals surface area (Å²) in [6.45, 7) is 3.20. The monoisotopic (exact) mass is 263 g/mol. The van der Waals surface area contributed by atoms with E-state index in [1.165, 1.54) is 4.88 Å². The molecule has 0 bridgehead atoms. The van der Waals surface area contributed by atoms with Gasteiger partial charge in [0.05, 0.1) is 12.1 Å². The Labute approximate surface area is 111 Å². The summed E-state index contributed by atoms with van der Waals surface area (Å²) >= 11 is 1.56. The van der Waals surface area contributed by atoms with Crippen LogP contribution in [-0.2, 0) is 17.6 Å². The Balaban J connectivity index is 2.02. The zero-order chi connectivity index (χ0) is 13.0. The van der Waals surface area contributed by atoms with Crippen LogP contribution in [0.5, 0.6) is 0 Å². The summed E-state index contributed by atoms with van der Waals surface area (Å²) in [5.41, 5.74) is 1.83. The average molecular weight is 263 g/mol. The number of hydrogen-bond acceptors (Lipinski definition) is 4. The Morgan fingerprint density at radius 2 is 2.33 bits per heavy atom. The van der Waals surface area contributed by atoms with Crippen molar-refractivity contribution in [3.63, 3.8) is 0 Å². The first-order valence-corrected chi connectivity index (χ1v) is 7.13. The first kappa shape index (κ1) is 13.1. The lowest BCUT2D eigenvalue weighted by Crippen LogP contribution is -2.28. The molecule has 18 heavy (non-hydrogen) atoms. The van der Waals surface area contributed by atoms with Crippen molar-refractivity contribution in [2.45, 2.75) is 32.6 Å². The second-order valence-electron chi connectivity index (χ2n) is 4.40. The number of nitrogens with zero attached hydrogens (tertiary/aromatic N) is 1. The van der Waals surface area contributed by atoms with Gasteiger partial charge in [-0.2, -0.15) is 5.26 Å². The summed E-state index contributed by atoms with van der Waals surface area (Å²) in [4.78, 5) is 13.0. The molecule has 2 N–H and O–H groups in total. The highest BCUT2D eigenvalue weighted by atomic mass is 32.1. The van der Waals surface area contributed by atoms with Crippen LogP contribution in [0.1, 0.15) is 35.8 Å². The van der Waals surface area contributed by atoms with Gasteiger partial charge >= 0.3 is 0 Å². The maximum Gasteiger partial charge on any atom is 0.238 e. The van der Waals surface area contributed by atoms with E-state index in [4.69, 9.17) is 0 Å². The van der Waals surface area contributed by atoms with Crippen LogP contribution < -0.4 is 10.6 Å². The van der Waals surface area contributed by atoms with Gasteiger partial charge in [0.2, 0.25) is 5.91 Å². The minimum atomic E-state index is -0.0696. The van der Waals surface area contributed by atoms with Crippen molar-refractivity contribution < 1.29 is 4.79 Å². The third-order valence-electron chi connectivity index (χ3n) is 3.00. The molecule has 0 atom stereocenters. The molecule has 5 heteroatoms. The molecule has 1 aromatic heterocycles. The summed E-state index contributed by atoms with van der Waals surface area (Å²) in [7, 11) is 0. The van der Waals surface area contributed by atoms with Crippen molar-refractivity contribution in [2.24, 2.45) is 0 Å². The van der Waals surface area contributed by atoms with Crippen molar-refractivity contribution in [3.8, 4) is 6.07 Å². The standard InChI is InChI=1S/C13H17N3OS/c1-2-6-15-8-12(17)16-13-10(7-14)9-4-3-5-11(9)18-13/h15H,2-6,8H2,1H3,(H,16,17). The number of nitrogens with one attached hydrogen (secondary N) is 2. The summed E-state index contributed by atoms with van der Waals surface area (Å²) < 4.78 is 0. The minimum Gasteiger partial charge on any atom is -0.315 e. The van der Waals surface area contributed by atoms with E-state index >= 15 is 0 Å². The van der Waals surface area contributed by atoms with Crippen LogP contribution in [0.15, 0.2) is 0 Å². The number of amides is 1. The molecule has 1 aromatic rings. The van der Waals surface area contributed by atoms with Crippen LogP contribution in [0, 0.1) is 11.3 Å². The van der Waals surface area contributed by atoms with Gasteiger partial charge in [0.25, 0.3) is 0 Å². The molecule has 1 amide bonds. The Morgan fingerprint density at radius 3 is 3.06 bits per heavy atom. The normalized spacial score (nSPS) is 13.1. The van der Waals surface area contributed by atoms with Gasteiger partial charge in [0, 0.05) is 4.88 Å². The average Bonchev–Trinajstić information content (AvgIpc) is 2.89. The zero-order valence-corrected chi connectivity index (χ0v) is 11.3. The number of anilines is 1. The number of aryl methyl sites for hydroxylation is 1. The molecule has 0 spiro atoms. The lowest BCUT2D eigenvalue weighted by molar-refractivity contribution is -0.115. The number of thiophene rings is 1. The highest BCUT2D eigenvalue weighted by Crippen LogP contribution is 2.38. The minimum absolute atomic E-state index is 0.0696. The van der Waals surface area contributed by atoms with Crippen LogP contribution in [-0.4, -0.2) is 19.0 Å². The fourth-order valence-corrected chi connectivity index (χ4v) is 3.42. The quantitative estimate of drug-likeness (QED) is 0.799. The summed E-state index contributed by atoms with van der Waals surface area (Å²) in [6, 6.07) is 2.22. The van der Waals surface area contributed by atoms with E-state index in [1.54, 1.807) is 11.3 Å².